The van der Waals surface area contributed by atoms with Gasteiger partial charge in [-0.05, 0) is 18.6 Å². The molecule has 1 rings (SSSR count). The number of rotatable bonds is 4. The topological polar surface area (TPSA) is 59.7 Å². The molecule has 0 aliphatic heterocycles. The Morgan fingerprint density at radius 3 is 3.08 bits per heavy atom. The van der Waals surface area contributed by atoms with E-state index in [1.54, 1.807) is 12.1 Å². The predicted molar refractivity (Wildman–Crippen MR) is 44.9 cm³/mol. The van der Waals surface area contributed by atoms with Gasteiger partial charge in [0.1, 0.15) is 11.9 Å². The van der Waals surface area contributed by atoms with Gasteiger partial charge in [-0.2, -0.15) is 0 Å². The molecule has 0 fully saturated rings. The first-order valence-electron chi connectivity index (χ1n) is 4.02. The molecule has 0 radical (unpaired) electrons. The van der Waals surface area contributed by atoms with Gasteiger partial charge in [0.2, 0.25) is 0 Å². The van der Waals surface area contributed by atoms with Crippen LogP contribution in [0.1, 0.15) is 24.7 Å². The molecule has 1 N–H and O–H groups in total. The second-order valence-corrected chi connectivity index (χ2v) is 2.65. The number of carbonyl (C=O) groups is 1. The van der Waals surface area contributed by atoms with Crippen molar-refractivity contribution in [3.8, 4) is 0 Å². The van der Waals surface area contributed by atoms with Gasteiger partial charge in [0.25, 0.3) is 0 Å². The van der Waals surface area contributed by atoms with Crippen LogP contribution < -0.4 is 0 Å². The van der Waals surface area contributed by atoms with Crippen LogP contribution in [-0.4, -0.2) is 18.2 Å². The summed E-state index contributed by atoms with van der Waals surface area (Å²) in [5, 5.41) is 9.45. The summed E-state index contributed by atoms with van der Waals surface area (Å²) in [6.07, 6.45) is 1.27. The van der Waals surface area contributed by atoms with E-state index < -0.39 is 6.10 Å². The molecule has 13 heavy (non-hydrogen) atoms. The van der Waals surface area contributed by atoms with Crippen LogP contribution in [0, 0.1) is 0 Å². The number of carbonyl (C=O) groups excluding carboxylic acids is 1. The smallest absolute Gasteiger partial charge is 0.305 e. The third kappa shape index (κ3) is 2.91. The van der Waals surface area contributed by atoms with Crippen LogP contribution >= 0.6 is 0 Å². The summed E-state index contributed by atoms with van der Waals surface area (Å²) < 4.78 is 9.40. The summed E-state index contributed by atoms with van der Waals surface area (Å²) in [7, 11) is 1.32. The van der Waals surface area contributed by atoms with E-state index in [0.717, 1.165) is 0 Å². The van der Waals surface area contributed by atoms with E-state index in [1.165, 1.54) is 13.4 Å². The van der Waals surface area contributed by atoms with E-state index in [0.29, 0.717) is 12.2 Å². The Balaban J connectivity index is 2.34. The average Bonchev–Trinajstić information content (AvgIpc) is 2.66. The van der Waals surface area contributed by atoms with Crippen LogP contribution in [0.25, 0.3) is 0 Å². The first-order chi connectivity index (χ1) is 6.24. The van der Waals surface area contributed by atoms with E-state index in [-0.39, 0.29) is 12.4 Å². The Hall–Kier alpha value is -1.29. The van der Waals surface area contributed by atoms with Crippen LogP contribution in [0.4, 0.5) is 0 Å². The number of hydrogen-bond donors (Lipinski definition) is 1. The molecule has 1 heterocycles. The van der Waals surface area contributed by atoms with Crippen LogP contribution in [0.5, 0.6) is 0 Å². The molecule has 0 spiro atoms. The Kier molecular flexibility index (Phi) is 3.52. The maximum atomic E-state index is 10.7. The van der Waals surface area contributed by atoms with Gasteiger partial charge in [0, 0.05) is 6.42 Å². The van der Waals surface area contributed by atoms with Crippen molar-refractivity contribution in [3.63, 3.8) is 0 Å². The van der Waals surface area contributed by atoms with Gasteiger partial charge in [0.05, 0.1) is 13.4 Å². The van der Waals surface area contributed by atoms with Crippen LogP contribution in [0.15, 0.2) is 22.8 Å². The molecular formula is C9H12O4. The molecule has 0 saturated heterocycles. The van der Waals surface area contributed by atoms with Crippen molar-refractivity contribution < 1.29 is 19.1 Å². The van der Waals surface area contributed by atoms with Gasteiger partial charge in [0.15, 0.2) is 0 Å². The molecule has 0 amide bonds. The van der Waals surface area contributed by atoms with Crippen molar-refractivity contribution in [1.82, 2.24) is 0 Å². The number of aliphatic hydroxyl groups excluding tert-OH is 1. The lowest BCUT2D eigenvalue weighted by Crippen LogP contribution is -2.04. The summed E-state index contributed by atoms with van der Waals surface area (Å²) in [5.74, 6) is 0.148. The second kappa shape index (κ2) is 4.67. The van der Waals surface area contributed by atoms with Crippen molar-refractivity contribution in [2.75, 3.05) is 7.11 Å². The minimum Gasteiger partial charge on any atom is -0.469 e. The lowest BCUT2D eigenvalue weighted by Gasteiger charge is -2.05. The molecule has 0 bridgehead atoms. The Morgan fingerprint density at radius 1 is 1.77 bits per heavy atom. The number of hydrogen-bond acceptors (Lipinski definition) is 4. The zero-order valence-corrected chi connectivity index (χ0v) is 7.40. The Morgan fingerprint density at radius 2 is 2.54 bits per heavy atom. The lowest BCUT2D eigenvalue weighted by molar-refractivity contribution is -0.141. The van der Waals surface area contributed by atoms with Crippen molar-refractivity contribution in [3.05, 3.63) is 24.2 Å². The third-order valence-corrected chi connectivity index (χ3v) is 1.72. The molecule has 4 heteroatoms. The first-order valence-corrected chi connectivity index (χ1v) is 4.02. The molecule has 72 valence electrons. The lowest BCUT2D eigenvalue weighted by atomic mass is 10.1. The van der Waals surface area contributed by atoms with Crippen LogP contribution in [0.3, 0.4) is 0 Å². The zero-order valence-electron chi connectivity index (χ0n) is 7.40. The minimum atomic E-state index is -0.728. The standard InChI is InChI=1S/C9H12O4/c1-12-9(11)5-4-7(10)8-3-2-6-13-8/h2-3,6-7,10H,4-5H2,1H3. The zero-order chi connectivity index (χ0) is 9.68. The number of methoxy groups -OCH3 is 1. The summed E-state index contributed by atoms with van der Waals surface area (Å²) in [6, 6.07) is 3.36. The highest BCUT2D eigenvalue weighted by Crippen LogP contribution is 2.18. The van der Waals surface area contributed by atoms with E-state index >= 15 is 0 Å². The summed E-state index contributed by atoms with van der Waals surface area (Å²) in [4.78, 5) is 10.7. The molecule has 1 atom stereocenters. The number of esters is 1. The van der Waals surface area contributed by atoms with Gasteiger partial charge < -0.3 is 14.3 Å². The van der Waals surface area contributed by atoms with E-state index in [9.17, 15) is 9.90 Å². The molecule has 1 aromatic heterocycles. The number of furan rings is 1. The summed E-state index contributed by atoms with van der Waals surface area (Å²) in [5.41, 5.74) is 0. The van der Waals surface area contributed by atoms with Crippen molar-refractivity contribution >= 4 is 5.97 Å². The van der Waals surface area contributed by atoms with E-state index in [1.807, 2.05) is 0 Å². The number of aliphatic hydroxyl groups is 1. The fourth-order valence-electron chi connectivity index (χ4n) is 0.980. The fraction of sp³-hybridized carbons (Fsp3) is 0.444. The molecule has 0 aliphatic carbocycles. The predicted octanol–water partition coefficient (Wildman–Crippen LogP) is 1.27. The highest BCUT2D eigenvalue weighted by Gasteiger charge is 2.12. The summed E-state index contributed by atoms with van der Waals surface area (Å²) >= 11 is 0. The summed E-state index contributed by atoms with van der Waals surface area (Å²) in [6.45, 7) is 0. The Bertz CT molecular complexity index is 253. The third-order valence-electron chi connectivity index (χ3n) is 1.72. The second-order valence-electron chi connectivity index (χ2n) is 2.65. The van der Waals surface area contributed by atoms with Gasteiger partial charge >= 0.3 is 5.97 Å². The quantitative estimate of drug-likeness (QED) is 0.716. The molecule has 0 saturated carbocycles. The highest BCUT2D eigenvalue weighted by molar-refractivity contribution is 5.69. The fourth-order valence-corrected chi connectivity index (χ4v) is 0.980. The largest absolute Gasteiger partial charge is 0.469 e. The van der Waals surface area contributed by atoms with Crippen molar-refractivity contribution in [1.29, 1.82) is 0 Å². The average molecular weight is 184 g/mol. The SMILES string of the molecule is COC(=O)CCC(O)c1ccco1. The van der Waals surface area contributed by atoms with Crippen molar-refractivity contribution in [2.24, 2.45) is 0 Å². The molecule has 4 nitrogen and oxygen atoms in total. The van der Waals surface area contributed by atoms with Gasteiger partial charge in [-0.25, -0.2) is 0 Å². The van der Waals surface area contributed by atoms with Gasteiger partial charge in [-0.15, -0.1) is 0 Å². The van der Waals surface area contributed by atoms with Gasteiger partial charge in [-0.3, -0.25) is 4.79 Å². The molecule has 1 aromatic rings. The first kappa shape index (κ1) is 9.80. The molecule has 0 aliphatic rings. The van der Waals surface area contributed by atoms with Crippen LogP contribution in [0.2, 0.25) is 0 Å². The maximum absolute atomic E-state index is 10.7. The van der Waals surface area contributed by atoms with E-state index in [2.05, 4.69) is 4.74 Å². The normalized spacial score (nSPS) is 12.5. The number of ether oxygens (including phenoxy) is 1. The highest BCUT2D eigenvalue weighted by atomic mass is 16.5. The molecule has 0 aromatic carbocycles. The van der Waals surface area contributed by atoms with Crippen LogP contribution in [-0.2, 0) is 9.53 Å². The molecular weight excluding hydrogens is 172 g/mol. The maximum Gasteiger partial charge on any atom is 0.305 e. The Labute approximate surface area is 76.1 Å². The van der Waals surface area contributed by atoms with Gasteiger partial charge in [-0.1, -0.05) is 0 Å². The minimum absolute atomic E-state index is 0.193. The van der Waals surface area contributed by atoms with E-state index in [4.69, 9.17) is 4.42 Å². The monoisotopic (exact) mass is 184 g/mol. The molecule has 1 unspecified atom stereocenters. The van der Waals surface area contributed by atoms with Crippen molar-refractivity contribution in [2.45, 2.75) is 18.9 Å².